The molecular weight excluding hydrogens is 268 g/mol. The zero-order chi connectivity index (χ0) is 15.0. The van der Waals surface area contributed by atoms with Crippen molar-refractivity contribution in [2.75, 3.05) is 39.8 Å². The van der Waals surface area contributed by atoms with Crippen LogP contribution >= 0.6 is 0 Å². The number of nitrogens with zero attached hydrogens (tertiary/aromatic N) is 3. The first-order valence-electron chi connectivity index (χ1n) is 7.48. The third-order valence-corrected chi connectivity index (χ3v) is 4.43. The monoisotopic (exact) mass is 290 g/mol. The fourth-order valence-corrected chi connectivity index (χ4v) is 3.16. The lowest BCUT2D eigenvalue weighted by atomic mass is 10.0. The Hall–Kier alpha value is -1.66. The van der Waals surface area contributed by atoms with Crippen molar-refractivity contribution in [3.8, 4) is 0 Å². The van der Waals surface area contributed by atoms with Gasteiger partial charge < -0.3 is 19.7 Å². The van der Waals surface area contributed by atoms with Gasteiger partial charge in [0.25, 0.3) is 11.5 Å². The van der Waals surface area contributed by atoms with E-state index in [9.17, 15) is 9.59 Å². The summed E-state index contributed by atoms with van der Waals surface area (Å²) in [6, 6.07) is 1.82. The number of nitrogens with one attached hydrogen (secondary N) is 1. The quantitative estimate of drug-likeness (QED) is 0.752. The van der Waals surface area contributed by atoms with Crippen LogP contribution < -0.4 is 10.9 Å². The molecule has 21 heavy (non-hydrogen) atoms. The van der Waals surface area contributed by atoms with E-state index >= 15 is 0 Å². The number of aromatic nitrogens is 1. The number of rotatable bonds is 1. The molecule has 1 saturated heterocycles. The molecule has 1 amide bonds. The van der Waals surface area contributed by atoms with Crippen LogP contribution in [0, 0.1) is 0 Å². The molecule has 0 radical (unpaired) electrons. The van der Waals surface area contributed by atoms with E-state index in [1.165, 1.54) is 0 Å². The molecule has 0 atom stereocenters. The lowest BCUT2D eigenvalue weighted by Gasteiger charge is -2.29. The Kier molecular flexibility index (Phi) is 3.82. The molecule has 3 rings (SSSR count). The van der Waals surface area contributed by atoms with E-state index < -0.39 is 0 Å². The molecule has 0 aliphatic carbocycles. The predicted molar refractivity (Wildman–Crippen MR) is 80.5 cm³/mol. The summed E-state index contributed by atoms with van der Waals surface area (Å²) in [6.45, 7) is 4.66. The van der Waals surface area contributed by atoms with Gasteiger partial charge in [-0.1, -0.05) is 0 Å². The van der Waals surface area contributed by atoms with E-state index in [1.54, 1.807) is 16.5 Å². The first kappa shape index (κ1) is 14.3. The summed E-state index contributed by atoms with van der Waals surface area (Å²) >= 11 is 0. The van der Waals surface area contributed by atoms with Crippen molar-refractivity contribution in [3.63, 3.8) is 0 Å². The molecule has 0 unspecified atom stereocenters. The summed E-state index contributed by atoms with van der Waals surface area (Å²) in [6.07, 6.45) is 0.861. The Morgan fingerprint density at radius 2 is 1.90 bits per heavy atom. The highest BCUT2D eigenvalue weighted by molar-refractivity contribution is 5.94. The summed E-state index contributed by atoms with van der Waals surface area (Å²) in [5.74, 6) is -0.131. The topological polar surface area (TPSA) is 57.6 Å². The highest BCUT2D eigenvalue weighted by Crippen LogP contribution is 2.17. The van der Waals surface area contributed by atoms with Crippen molar-refractivity contribution >= 4 is 5.91 Å². The molecular formula is C15H22N4O2. The van der Waals surface area contributed by atoms with Gasteiger partial charge in [-0.3, -0.25) is 9.59 Å². The van der Waals surface area contributed by atoms with Gasteiger partial charge in [0.05, 0.1) is 0 Å². The maximum absolute atomic E-state index is 12.6. The summed E-state index contributed by atoms with van der Waals surface area (Å²) in [7, 11) is 3.84. The Labute approximate surface area is 124 Å². The molecule has 0 bridgehead atoms. The van der Waals surface area contributed by atoms with E-state index in [-0.39, 0.29) is 11.5 Å². The molecule has 6 heteroatoms. The Bertz CT molecular complexity index is 617. The van der Waals surface area contributed by atoms with Gasteiger partial charge in [-0.2, -0.15) is 0 Å². The minimum absolute atomic E-state index is 0.131. The molecule has 2 aliphatic rings. The fourth-order valence-electron chi connectivity index (χ4n) is 3.16. The van der Waals surface area contributed by atoms with Crippen molar-refractivity contribution in [2.24, 2.45) is 7.05 Å². The average molecular weight is 290 g/mol. The van der Waals surface area contributed by atoms with Crippen LogP contribution in [0.3, 0.4) is 0 Å². The minimum Gasteiger partial charge on any atom is -0.336 e. The van der Waals surface area contributed by atoms with Crippen LogP contribution in [-0.2, 0) is 20.0 Å². The second kappa shape index (κ2) is 5.61. The van der Waals surface area contributed by atoms with Gasteiger partial charge in [0.15, 0.2) is 0 Å². The van der Waals surface area contributed by atoms with Crippen LogP contribution in [0.1, 0.15) is 21.6 Å². The van der Waals surface area contributed by atoms with E-state index in [1.807, 2.05) is 6.07 Å². The highest BCUT2D eigenvalue weighted by atomic mass is 16.2. The van der Waals surface area contributed by atoms with E-state index in [0.717, 1.165) is 43.9 Å². The third-order valence-electron chi connectivity index (χ3n) is 4.43. The number of likely N-dealkylation sites (N-methyl/N-ethyl adjacent to an activating group) is 1. The minimum atomic E-state index is -0.165. The molecule has 1 aromatic heterocycles. The van der Waals surface area contributed by atoms with E-state index in [0.29, 0.717) is 18.7 Å². The van der Waals surface area contributed by atoms with Crippen molar-refractivity contribution in [3.05, 3.63) is 33.2 Å². The Morgan fingerprint density at radius 3 is 2.62 bits per heavy atom. The lowest BCUT2D eigenvalue weighted by molar-refractivity contribution is 0.0733. The van der Waals surface area contributed by atoms with Crippen molar-refractivity contribution in [1.29, 1.82) is 0 Å². The Balaban J connectivity index is 1.99. The van der Waals surface area contributed by atoms with Gasteiger partial charge in [-0.25, -0.2) is 0 Å². The molecule has 0 spiro atoms. The maximum Gasteiger partial charge on any atom is 0.263 e. The molecule has 1 aromatic rings. The number of piperazine rings is 1. The number of hydrogen-bond donors (Lipinski definition) is 1. The lowest BCUT2D eigenvalue weighted by Crippen LogP contribution is -2.48. The van der Waals surface area contributed by atoms with E-state index in [2.05, 4.69) is 17.3 Å². The normalized spacial score (nSPS) is 19.4. The molecule has 0 aromatic carbocycles. The first-order valence-corrected chi connectivity index (χ1v) is 7.48. The van der Waals surface area contributed by atoms with Gasteiger partial charge in [-0.05, 0) is 18.7 Å². The van der Waals surface area contributed by atoms with Crippen LogP contribution in [-0.4, -0.2) is 60.0 Å². The number of carbonyl (C=O) groups is 1. The number of carbonyl (C=O) groups excluding carboxylic acids is 1. The smallest absolute Gasteiger partial charge is 0.263 e. The zero-order valence-corrected chi connectivity index (χ0v) is 12.7. The van der Waals surface area contributed by atoms with Gasteiger partial charge in [0.2, 0.25) is 0 Å². The average Bonchev–Trinajstić information content (AvgIpc) is 2.51. The van der Waals surface area contributed by atoms with Crippen LogP contribution in [0.4, 0.5) is 0 Å². The third kappa shape index (κ3) is 2.61. The standard InChI is InChI=1S/C15H22N4O2/c1-17-6-3-13-11(10-17)9-12(14(20)18(13)2)15(21)19-7-4-16-5-8-19/h9,16H,3-8,10H2,1-2H3. The molecule has 1 N–H and O–H groups in total. The Morgan fingerprint density at radius 1 is 1.19 bits per heavy atom. The molecule has 1 fully saturated rings. The molecule has 2 aliphatic heterocycles. The van der Waals surface area contributed by atoms with Gasteiger partial charge in [-0.15, -0.1) is 0 Å². The summed E-state index contributed by atoms with van der Waals surface area (Å²) in [5, 5.41) is 3.22. The van der Waals surface area contributed by atoms with Crippen LogP contribution in [0.2, 0.25) is 0 Å². The highest BCUT2D eigenvalue weighted by Gasteiger charge is 2.25. The number of amides is 1. The van der Waals surface area contributed by atoms with Gasteiger partial charge in [0.1, 0.15) is 5.56 Å². The number of pyridine rings is 1. The largest absolute Gasteiger partial charge is 0.336 e. The number of fused-ring (bicyclic) bond motifs is 1. The van der Waals surface area contributed by atoms with E-state index in [4.69, 9.17) is 0 Å². The second-order valence-corrected chi connectivity index (χ2v) is 5.92. The molecule has 114 valence electrons. The van der Waals surface area contributed by atoms with Crippen LogP contribution in [0.15, 0.2) is 10.9 Å². The number of hydrogen-bond acceptors (Lipinski definition) is 4. The van der Waals surface area contributed by atoms with Gasteiger partial charge >= 0.3 is 0 Å². The van der Waals surface area contributed by atoms with Gasteiger partial charge in [0, 0.05) is 58.4 Å². The van der Waals surface area contributed by atoms with Crippen molar-refractivity contribution in [2.45, 2.75) is 13.0 Å². The zero-order valence-electron chi connectivity index (χ0n) is 12.7. The van der Waals surface area contributed by atoms with Crippen molar-refractivity contribution in [1.82, 2.24) is 19.7 Å². The SMILES string of the molecule is CN1CCc2c(cc(C(=O)N3CCNCC3)c(=O)n2C)C1. The van der Waals surface area contributed by atoms with Crippen LogP contribution in [0.5, 0.6) is 0 Å². The van der Waals surface area contributed by atoms with Crippen LogP contribution in [0.25, 0.3) is 0 Å². The van der Waals surface area contributed by atoms with Crippen molar-refractivity contribution < 1.29 is 4.79 Å². The summed E-state index contributed by atoms with van der Waals surface area (Å²) in [4.78, 5) is 29.1. The molecule has 3 heterocycles. The fraction of sp³-hybridized carbons (Fsp3) is 0.600. The predicted octanol–water partition coefficient (Wildman–Crippen LogP) is -0.581. The first-order chi connectivity index (χ1) is 10.1. The molecule has 6 nitrogen and oxygen atoms in total. The summed E-state index contributed by atoms with van der Waals surface area (Å²) in [5.41, 5.74) is 2.31. The summed E-state index contributed by atoms with van der Waals surface area (Å²) < 4.78 is 1.66. The second-order valence-electron chi connectivity index (χ2n) is 5.92. The maximum atomic E-state index is 12.6. The molecule has 0 saturated carbocycles.